The van der Waals surface area contributed by atoms with Crippen LogP contribution in [0.4, 0.5) is 0 Å². The third kappa shape index (κ3) is 5.13. The number of ether oxygens (including phenoxy) is 1. The highest BCUT2D eigenvalue weighted by molar-refractivity contribution is 5.99. The Hall–Kier alpha value is -3.36. The number of aryl methyl sites for hydroxylation is 1. The largest absolute Gasteiger partial charge is 0.459 e. The van der Waals surface area contributed by atoms with E-state index >= 15 is 0 Å². The summed E-state index contributed by atoms with van der Waals surface area (Å²) in [5, 5.41) is 4.68. The molecule has 29 heavy (non-hydrogen) atoms. The van der Waals surface area contributed by atoms with Gasteiger partial charge in [-0.15, -0.1) is 0 Å². The number of hydrogen-bond donors (Lipinski definition) is 2. The van der Waals surface area contributed by atoms with Crippen LogP contribution in [0.15, 0.2) is 28.9 Å². The number of nitrogens with one attached hydrogen (secondary N) is 2. The topological polar surface area (TPSA) is 120 Å². The number of esters is 1. The Bertz CT molecular complexity index is 924. The minimum Gasteiger partial charge on any atom is -0.459 e. The molecule has 0 atom stereocenters. The fraction of sp³-hybridized carbons (Fsp3) is 0.400. The van der Waals surface area contributed by atoms with Crippen LogP contribution in [0.5, 0.6) is 0 Å². The van der Waals surface area contributed by atoms with Gasteiger partial charge in [-0.1, -0.05) is 0 Å². The molecule has 0 aliphatic heterocycles. The predicted molar refractivity (Wildman–Crippen MR) is 102 cm³/mol. The molecule has 0 unspecified atom stereocenters. The first kappa shape index (κ1) is 20.4. The van der Waals surface area contributed by atoms with E-state index < -0.39 is 24.3 Å². The van der Waals surface area contributed by atoms with Crippen LogP contribution in [-0.2, 0) is 14.3 Å². The Kier molecular flexibility index (Phi) is 6.16. The van der Waals surface area contributed by atoms with Crippen molar-refractivity contribution in [3.05, 3.63) is 47.2 Å². The number of hydrogen-bond acceptors (Lipinski definition) is 6. The number of amides is 2. The molecule has 1 fully saturated rings. The lowest BCUT2D eigenvalue weighted by Gasteiger charge is -2.08. The molecular weight excluding hydrogens is 378 g/mol. The van der Waals surface area contributed by atoms with Crippen LogP contribution >= 0.6 is 0 Å². The molecule has 1 aliphatic rings. The van der Waals surface area contributed by atoms with E-state index in [2.05, 4.69) is 15.2 Å². The molecule has 0 spiro atoms. The highest BCUT2D eigenvalue weighted by Crippen LogP contribution is 2.38. The van der Waals surface area contributed by atoms with Gasteiger partial charge >= 0.3 is 5.97 Å². The van der Waals surface area contributed by atoms with Crippen molar-refractivity contribution in [2.45, 2.75) is 32.7 Å². The molecule has 2 amide bonds. The summed E-state index contributed by atoms with van der Waals surface area (Å²) in [5.74, 6) is -2.05. The summed E-state index contributed by atoms with van der Waals surface area (Å²) in [6.45, 7) is 2.73. The summed E-state index contributed by atoms with van der Waals surface area (Å²) >= 11 is 0. The smallest absolute Gasteiger partial charge is 0.325 e. The first-order valence-corrected chi connectivity index (χ1v) is 9.32. The number of carbonyl (C=O) groups excluding carboxylic acids is 4. The average Bonchev–Trinajstić information content (AvgIpc) is 3.26. The number of ketones is 1. The molecule has 2 aromatic rings. The van der Waals surface area contributed by atoms with Crippen molar-refractivity contribution in [2.75, 3.05) is 19.7 Å². The van der Waals surface area contributed by atoms with E-state index in [0.29, 0.717) is 11.6 Å². The van der Waals surface area contributed by atoms with Crippen molar-refractivity contribution in [2.24, 2.45) is 0 Å². The molecule has 2 aromatic heterocycles. The molecule has 9 nitrogen and oxygen atoms in total. The summed E-state index contributed by atoms with van der Waals surface area (Å²) in [7, 11) is 0. The van der Waals surface area contributed by atoms with Gasteiger partial charge in [0.2, 0.25) is 11.7 Å². The van der Waals surface area contributed by atoms with E-state index in [1.54, 1.807) is 6.07 Å². The molecule has 0 aromatic carbocycles. The Morgan fingerprint density at radius 3 is 2.59 bits per heavy atom. The van der Waals surface area contributed by atoms with Crippen molar-refractivity contribution >= 4 is 23.6 Å². The minimum atomic E-state index is -0.736. The Balaban J connectivity index is 1.38. The quantitative estimate of drug-likeness (QED) is 0.483. The maximum absolute atomic E-state index is 12.4. The number of aromatic nitrogens is 1. The molecule has 3 rings (SSSR count). The van der Waals surface area contributed by atoms with Crippen LogP contribution in [-0.4, -0.2) is 47.8 Å². The molecule has 0 saturated heterocycles. The highest BCUT2D eigenvalue weighted by Gasteiger charge is 2.28. The maximum atomic E-state index is 12.4. The zero-order chi connectivity index (χ0) is 21.0. The summed E-state index contributed by atoms with van der Waals surface area (Å²) in [6.07, 6.45) is 3.57. The van der Waals surface area contributed by atoms with E-state index in [4.69, 9.17) is 9.15 Å². The second-order valence-electron chi connectivity index (χ2n) is 6.91. The fourth-order valence-electron chi connectivity index (χ4n) is 3.12. The summed E-state index contributed by atoms with van der Waals surface area (Å²) in [5.41, 5.74) is 2.45. The van der Waals surface area contributed by atoms with Crippen LogP contribution in [0.3, 0.4) is 0 Å². The molecule has 9 heteroatoms. The van der Waals surface area contributed by atoms with Crippen LogP contribution in [0.2, 0.25) is 0 Å². The van der Waals surface area contributed by atoms with Gasteiger partial charge in [-0.3, -0.25) is 19.2 Å². The Morgan fingerprint density at radius 2 is 1.93 bits per heavy atom. The normalized spacial score (nSPS) is 13.0. The van der Waals surface area contributed by atoms with Gasteiger partial charge < -0.3 is 24.4 Å². The second kappa shape index (κ2) is 8.76. The average molecular weight is 401 g/mol. The lowest BCUT2D eigenvalue weighted by Crippen LogP contribution is -2.39. The first-order chi connectivity index (χ1) is 13.9. The minimum absolute atomic E-state index is 0.0803. The van der Waals surface area contributed by atoms with E-state index in [1.807, 2.05) is 19.9 Å². The van der Waals surface area contributed by atoms with Gasteiger partial charge in [-0.25, -0.2) is 0 Å². The number of carbonyl (C=O) groups is 4. The van der Waals surface area contributed by atoms with E-state index in [9.17, 15) is 19.2 Å². The zero-order valence-corrected chi connectivity index (χ0v) is 16.3. The maximum Gasteiger partial charge on any atom is 0.325 e. The fourth-order valence-corrected chi connectivity index (χ4v) is 3.12. The molecule has 2 N–H and O–H groups in total. The van der Waals surface area contributed by atoms with Gasteiger partial charge in [0, 0.05) is 23.0 Å². The van der Waals surface area contributed by atoms with Crippen molar-refractivity contribution < 1.29 is 28.3 Å². The predicted octanol–water partition coefficient (Wildman–Crippen LogP) is 1.30. The van der Waals surface area contributed by atoms with Crippen LogP contribution < -0.4 is 10.6 Å². The Morgan fingerprint density at radius 1 is 1.17 bits per heavy atom. The SMILES string of the molecule is Cc1cc(C(=O)COC(=O)CNC(=O)CNC(=O)c2ccco2)c(C)n1C1CC1. The molecule has 1 aliphatic carbocycles. The van der Waals surface area contributed by atoms with E-state index in [-0.39, 0.29) is 24.7 Å². The van der Waals surface area contributed by atoms with Gasteiger partial charge in [0.05, 0.1) is 12.8 Å². The van der Waals surface area contributed by atoms with Crippen molar-refractivity contribution in [1.29, 1.82) is 0 Å². The molecule has 154 valence electrons. The number of Topliss-reactive ketones (excluding diaryl/α,β-unsaturated/α-hetero) is 1. The van der Waals surface area contributed by atoms with E-state index in [1.165, 1.54) is 12.3 Å². The summed E-state index contributed by atoms with van der Waals surface area (Å²) in [4.78, 5) is 47.5. The number of nitrogens with zero attached hydrogens (tertiary/aromatic N) is 1. The molecule has 0 radical (unpaired) electrons. The Labute approximate surface area is 167 Å². The van der Waals surface area contributed by atoms with Crippen molar-refractivity contribution in [1.82, 2.24) is 15.2 Å². The van der Waals surface area contributed by atoms with E-state index in [0.717, 1.165) is 24.2 Å². The summed E-state index contributed by atoms with van der Waals surface area (Å²) in [6, 6.07) is 5.29. The standard InChI is InChI=1S/C20H23N3O6/c1-12-8-15(13(2)23(12)14-5-6-14)16(24)11-29-19(26)10-21-18(25)9-22-20(27)17-4-3-7-28-17/h3-4,7-8,14H,5-6,9-11H2,1-2H3,(H,21,25)(H,22,27). The number of furan rings is 1. The van der Waals surface area contributed by atoms with Gasteiger partial charge in [-0.05, 0) is 44.9 Å². The van der Waals surface area contributed by atoms with Gasteiger partial charge in [0.1, 0.15) is 6.54 Å². The van der Waals surface area contributed by atoms with Crippen LogP contribution in [0, 0.1) is 13.8 Å². The molecule has 2 heterocycles. The number of rotatable bonds is 9. The third-order valence-electron chi connectivity index (χ3n) is 4.65. The molecule has 1 saturated carbocycles. The third-order valence-corrected chi connectivity index (χ3v) is 4.65. The lowest BCUT2D eigenvalue weighted by molar-refractivity contribution is -0.142. The van der Waals surface area contributed by atoms with Gasteiger partial charge in [0.25, 0.3) is 5.91 Å². The van der Waals surface area contributed by atoms with Gasteiger partial charge in [-0.2, -0.15) is 0 Å². The zero-order valence-electron chi connectivity index (χ0n) is 16.3. The molecular formula is C20H23N3O6. The molecule has 0 bridgehead atoms. The second-order valence-corrected chi connectivity index (χ2v) is 6.91. The van der Waals surface area contributed by atoms with Crippen LogP contribution in [0.25, 0.3) is 0 Å². The lowest BCUT2D eigenvalue weighted by atomic mass is 10.1. The summed E-state index contributed by atoms with van der Waals surface area (Å²) < 4.78 is 12.0. The van der Waals surface area contributed by atoms with Crippen molar-refractivity contribution in [3.8, 4) is 0 Å². The first-order valence-electron chi connectivity index (χ1n) is 9.32. The monoisotopic (exact) mass is 401 g/mol. The van der Waals surface area contributed by atoms with Gasteiger partial charge in [0.15, 0.2) is 12.4 Å². The highest BCUT2D eigenvalue weighted by atomic mass is 16.5. The van der Waals surface area contributed by atoms with Crippen molar-refractivity contribution in [3.63, 3.8) is 0 Å². The van der Waals surface area contributed by atoms with Crippen LogP contribution in [0.1, 0.15) is 51.2 Å².